The van der Waals surface area contributed by atoms with Crippen LogP contribution in [0, 0.1) is 0 Å². The zero-order valence-corrected chi connectivity index (χ0v) is 25.7. The summed E-state index contributed by atoms with van der Waals surface area (Å²) in [6.07, 6.45) is -3.83. The summed E-state index contributed by atoms with van der Waals surface area (Å²) < 4.78 is 35.6. The van der Waals surface area contributed by atoms with Crippen molar-refractivity contribution in [2.24, 2.45) is 0 Å². The molecule has 5 aliphatic rings. The summed E-state index contributed by atoms with van der Waals surface area (Å²) >= 11 is 0. The Bertz CT molecular complexity index is 1620. The normalized spacial score (nSPS) is 33.5. The number of benzene rings is 2. The van der Waals surface area contributed by atoms with Gasteiger partial charge in [-0.2, -0.15) is 0 Å². The molecule has 0 unspecified atom stereocenters. The van der Waals surface area contributed by atoms with E-state index in [2.05, 4.69) is 11.5 Å². The molecule has 13 heteroatoms. The number of carbonyl (C=O) groups is 2. The molecule has 3 fully saturated rings. The minimum absolute atomic E-state index is 0.0132. The van der Waals surface area contributed by atoms with Crippen LogP contribution in [-0.4, -0.2) is 114 Å². The van der Waals surface area contributed by atoms with Gasteiger partial charge in [-0.1, -0.05) is 18.7 Å². The zero-order chi connectivity index (χ0) is 32.7. The van der Waals surface area contributed by atoms with Gasteiger partial charge in [0.05, 0.1) is 54.8 Å². The number of aromatic hydroxyl groups is 2. The van der Waals surface area contributed by atoms with Gasteiger partial charge < -0.3 is 48.8 Å². The fourth-order valence-corrected chi connectivity index (χ4v) is 7.75. The van der Waals surface area contributed by atoms with Crippen molar-refractivity contribution in [1.29, 1.82) is 0 Å². The first-order chi connectivity index (χ1) is 22.0. The number of fused-ring (bicyclic) bond motifs is 6. The van der Waals surface area contributed by atoms with Gasteiger partial charge in [-0.3, -0.25) is 14.5 Å². The number of ether oxygens (including phenoxy) is 6. The van der Waals surface area contributed by atoms with Crippen LogP contribution in [-0.2, 0) is 30.1 Å². The van der Waals surface area contributed by atoms with Crippen LogP contribution in [0.25, 0.3) is 0 Å². The quantitative estimate of drug-likeness (QED) is 0.227. The number of morpholine rings is 1. The first-order valence-corrected chi connectivity index (χ1v) is 15.3. The maximum absolute atomic E-state index is 13.9. The van der Waals surface area contributed by atoms with Crippen molar-refractivity contribution < 1.29 is 58.4 Å². The van der Waals surface area contributed by atoms with Gasteiger partial charge in [-0.15, -0.1) is 0 Å². The smallest absolute Gasteiger partial charge is 0.202 e. The Morgan fingerprint density at radius 2 is 1.87 bits per heavy atom. The van der Waals surface area contributed by atoms with Crippen LogP contribution >= 0.6 is 0 Å². The Morgan fingerprint density at radius 3 is 2.59 bits per heavy atom. The van der Waals surface area contributed by atoms with Gasteiger partial charge in [0.25, 0.3) is 0 Å². The number of phenols is 2. The van der Waals surface area contributed by atoms with Crippen LogP contribution < -0.4 is 4.74 Å². The molecule has 2 aliphatic carbocycles. The zero-order valence-electron chi connectivity index (χ0n) is 25.7. The molecule has 3 heterocycles. The number of nitrogens with zero attached hydrogens (tertiary/aromatic N) is 1. The van der Waals surface area contributed by atoms with E-state index in [-0.39, 0.29) is 69.7 Å². The summed E-state index contributed by atoms with van der Waals surface area (Å²) in [5.41, 5.74) is -2.42. The van der Waals surface area contributed by atoms with E-state index in [4.69, 9.17) is 28.4 Å². The van der Waals surface area contributed by atoms with E-state index in [0.717, 1.165) is 0 Å². The van der Waals surface area contributed by atoms with Crippen LogP contribution in [0.4, 0.5) is 0 Å². The monoisotopic (exact) mass is 639 g/mol. The molecule has 0 bridgehead atoms. The minimum Gasteiger partial charge on any atom is -0.507 e. The third kappa shape index (κ3) is 4.53. The van der Waals surface area contributed by atoms with Gasteiger partial charge in [0.2, 0.25) is 5.78 Å². The predicted octanol–water partition coefficient (Wildman–Crippen LogP) is 1.70. The van der Waals surface area contributed by atoms with E-state index < -0.39 is 66.3 Å². The Hall–Kier alpha value is -3.40. The third-order valence-corrected chi connectivity index (χ3v) is 10.0. The number of hydrogen-bond acceptors (Lipinski definition) is 13. The first-order valence-electron chi connectivity index (χ1n) is 15.3. The van der Waals surface area contributed by atoms with Gasteiger partial charge in [0.1, 0.15) is 23.4 Å². The number of carbonyl (C=O) groups excluding carboxylic acids is 2. The van der Waals surface area contributed by atoms with Crippen molar-refractivity contribution >= 4 is 11.6 Å². The summed E-state index contributed by atoms with van der Waals surface area (Å²) in [6.45, 7) is 6.21. The Morgan fingerprint density at radius 1 is 1.11 bits per heavy atom. The lowest BCUT2D eigenvalue weighted by Gasteiger charge is -2.44. The summed E-state index contributed by atoms with van der Waals surface area (Å²) in [7, 11) is 2.92. The molecule has 0 radical (unpaired) electrons. The van der Waals surface area contributed by atoms with E-state index in [0.29, 0.717) is 19.6 Å². The lowest BCUT2D eigenvalue weighted by atomic mass is 9.71. The summed E-state index contributed by atoms with van der Waals surface area (Å²) in [5.74, 6) is -2.33. The molecule has 0 aromatic heterocycles. The third-order valence-electron chi connectivity index (χ3n) is 10.0. The van der Waals surface area contributed by atoms with Crippen LogP contribution in [0.2, 0.25) is 0 Å². The molecule has 46 heavy (non-hydrogen) atoms. The van der Waals surface area contributed by atoms with E-state index in [9.17, 15) is 30.0 Å². The molecular weight excluding hydrogens is 602 g/mol. The number of aliphatic hydroxyl groups is 2. The molecule has 3 saturated heterocycles. The largest absolute Gasteiger partial charge is 0.507 e. The topological polar surface area (TPSA) is 174 Å². The Balaban J connectivity index is 1.30. The predicted molar refractivity (Wildman–Crippen MR) is 158 cm³/mol. The van der Waals surface area contributed by atoms with Crippen molar-refractivity contribution in [2.75, 3.05) is 34.0 Å². The average molecular weight is 640 g/mol. The maximum atomic E-state index is 13.9. The molecule has 3 aliphatic heterocycles. The van der Waals surface area contributed by atoms with Crippen molar-refractivity contribution in [1.82, 2.24) is 4.90 Å². The molecule has 246 valence electrons. The number of phenolic OH excluding ortho intramolecular Hbond substituents is 2. The average Bonchev–Trinajstić information content (AvgIpc) is 3.43. The number of ketones is 2. The maximum Gasteiger partial charge on any atom is 0.202 e. The van der Waals surface area contributed by atoms with Gasteiger partial charge >= 0.3 is 0 Å². The lowest BCUT2D eigenvalue weighted by Crippen LogP contribution is -2.55. The van der Waals surface area contributed by atoms with Crippen LogP contribution in [0.1, 0.15) is 68.8 Å². The molecule has 0 saturated carbocycles. The molecule has 0 spiro atoms. The van der Waals surface area contributed by atoms with E-state index in [1.165, 1.54) is 19.2 Å². The lowest BCUT2D eigenvalue weighted by molar-refractivity contribution is -0.256. The Kier molecular flexibility index (Phi) is 7.73. The van der Waals surface area contributed by atoms with Crippen LogP contribution in [0.15, 0.2) is 30.4 Å². The molecular formula is C33H37NO12. The second-order valence-corrected chi connectivity index (χ2v) is 12.5. The standard InChI is InChI=1S/C33H37NO12/c1-14(13-35)33(40)11-17-23(29(39)25-24(27(17)37)26(36)16-6-5-7-19(41-3)22(16)28(25)38)20(12-33)45-21-10-18-30(15(2)44-21)46-31-32(42-4)43-9-8-34(18)31/h5-7,15,18,20-21,30-32,35,37,39-40H,1,8-13H2,2-4H3/t15-,18-,20-,21-,30+,31+,32-,33-/m0/s1. The highest BCUT2D eigenvalue weighted by molar-refractivity contribution is 6.31. The number of rotatable bonds is 6. The number of aliphatic hydroxyl groups excluding tert-OH is 1. The molecule has 7 rings (SSSR count). The van der Waals surface area contributed by atoms with E-state index in [1.807, 2.05) is 6.92 Å². The van der Waals surface area contributed by atoms with E-state index in [1.54, 1.807) is 13.2 Å². The van der Waals surface area contributed by atoms with Crippen molar-refractivity contribution in [3.8, 4) is 17.2 Å². The van der Waals surface area contributed by atoms with E-state index >= 15 is 0 Å². The Labute approximate surface area is 264 Å². The van der Waals surface area contributed by atoms with Crippen LogP contribution in [0.3, 0.4) is 0 Å². The highest BCUT2D eigenvalue weighted by atomic mass is 16.7. The highest BCUT2D eigenvalue weighted by Crippen LogP contribution is 2.53. The summed E-state index contributed by atoms with van der Waals surface area (Å²) in [6, 6.07) is 4.41. The highest BCUT2D eigenvalue weighted by Gasteiger charge is 2.54. The fraction of sp³-hybridized carbons (Fsp3) is 0.515. The minimum atomic E-state index is -1.78. The summed E-state index contributed by atoms with van der Waals surface area (Å²) in [5, 5.41) is 45.2. The fourth-order valence-electron chi connectivity index (χ4n) is 7.75. The van der Waals surface area contributed by atoms with Gasteiger partial charge in [0.15, 0.2) is 24.6 Å². The molecule has 8 atom stereocenters. The second kappa shape index (κ2) is 11.4. The summed E-state index contributed by atoms with van der Waals surface area (Å²) in [4.78, 5) is 29.8. The number of hydrogen-bond donors (Lipinski definition) is 4. The van der Waals surface area contributed by atoms with Crippen LogP contribution in [0.5, 0.6) is 17.2 Å². The van der Waals surface area contributed by atoms with Gasteiger partial charge in [0, 0.05) is 55.6 Å². The molecule has 2 aromatic rings. The van der Waals surface area contributed by atoms with Gasteiger partial charge in [-0.05, 0) is 18.6 Å². The number of methoxy groups -OCH3 is 2. The van der Waals surface area contributed by atoms with Crippen molar-refractivity contribution in [3.63, 3.8) is 0 Å². The second-order valence-electron chi connectivity index (χ2n) is 12.5. The SMILES string of the molecule is C=C(CO)[C@]1(O)Cc2c(O)c3c(c(O)c2[C@@H](O[C@H]2C[C@H]4[C@H](O[C@@H]5[C@@H](OC)OCCN54)[C@H](C)O2)C1)C(=O)c1c(OC)cccc1C3=O. The van der Waals surface area contributed by atoms with Crippen molar-refractivity contribution in [3.05, 3.63) is 63.7 Å². The van der Waals surface area contributed by atoms with Crippen molar-refractivity contribution in [2.45, 2.75) is 74.9 Å². The molecule has 4 N–H and O–H groups in total. The molecule has 0 amide bonds. The molecule has 13 nitrogen and oxygen atoms in total. The first kappa shape index (κ1) is 31.2. The van der Waals surface area contributed by atoms with Gasteiger partial charge in [-0.25, -0.2) is 0 Å². The molecule has 2 aromatic carbocycles.